The molecule has 4 heteroatoms. The predicted molar refractivity (Wildman–Crippen MR) is 81.1 cm³/mol. The molecule has 20 heavy (non-hydrogen) atoms. The molecule has 0 amide bonds. The Hall–Kier alpha value is -1.81. The highest BCUT2D eigenvalue weighted by Gasteiger charge is 2.22. The van der Waals surface area contributed by atoms with Crippen molar-refractivity contribution in [3.63, 3.8) is 0 Å². The molecule has 1 aromatic heterocycles. The van der Waals surface area contributed by atoms with Crippen LogP contribution in [0, 0.1) is 13.8 Å². The van der Waals surface area contributed by atoms with Gasteiger partial charge in [-0.1, -0.05) is 19.1 Å². The summed E-state index contributed by atoms with van der Waals surface area (Å²) in [5.41, 5.74) is 9.71. The van der Waals surface area contributed by atoms with E-state index in [4.69, 9.17) is 10.5 Å². The van der Waals surface area contributed by atoms with E-state index in [0.29, 0.717) is 0 Å². The molecule has 0 saturated carbocycles. The van der Waals surface area contributed by atoms with E-state index < -0.39 is 0 Å². The van der Waals surface area contributed by atoms with E-state index in [0.717, 1.165) is 29.1 Å². The molecule has 0 fully saturated rings. The molecule has 0 aliphatic heterocycles. The quantitative estimate of drug-likeness (QED) is 0.911. The maximum absolute atomic E-state index is 6.36. The Labute approximate surface area is 120 Å². The van der Waals surface area contributed by atoms with Crippen molar-refractivity contribution in [1.82, 2.24) is 9.55 Å². The second-order valence-corrected chi connectivity index (χ2v) is 5.12. The van der Waals surface area contributed by atoms with E-state index in [1.165, 1.54) is 0 Å². The minimum atomic E-state index is 0.0365. The van der Waals surface area contributed by atoms with E-state index in [1.807, 2.05) is 25.4 Å². The topological polar surface area (TPSA) is 53.1 Å². The second-order valence-electron chi connectivity index (χ2n) is 5.12. The van der Waals surface area contributed by atoms with Crippen LogP contribution in [0.15, 0.2) is 30.6 Å². The van der Waals surface area contributed by atoms with Crippen molar-refractivity contribution in [2.24, 2.45) is 5.73 Å². The molecule has 2 rings (SSSR count). The first kappa shape index (κ1) is 14.6. The predicted octanol–water partition coefficient (Wildman–Crippen LogP) is 2.84. The minimum Gasteiger partial charge on any atom is -0.497 e. The number of nitrogens with two attached hydrogens (primary N) is 1. The fraction of sp³-hybridized carbons (Fsp3) is 0.438. The number of benzene rings is 1. The maximum atomic E-state index is 6.36. The number of nitrogens with zero attached hydrogens (tertiary/aromatic N) is 2. The van der Waals surface area contributed by atoms with Gasteiger partial charge in [-0.15, -0.1) is 0 Å². The maximum Gasteiger partial charge on any atom is 0.119 e. The van der Waals surface area contributed by atoms with Gasteiger partial charge in [-0.25, -0.2) is 4.98 Å². The summed E-state index contributed by atoms with van der Waals surface area (Å²) < 4.78 is 7.49. The number of aromatic nitrogens is 2. The van der Waals surface area contributed by atoms with Crippen LogP contribution in [-0.2, 0) is 0 Å². The lowest BCUT2D eigenvalue weighted by Gasteiger charge is -2.26. The Morgan fingerprint density at radius 2 is 2.10 bits per heavy atom. The van der Waals surface area contributed by atoms with E-state index in [9.17, 15) is 0 Å². The molecule has 1 heterocycles. The minimum absolute atomic E-state index is 0.0365. The standard InChI is InChI=1S/C16H23N3O/c1-5-15(17)16(19-10-18-11(2)12(19)3)13-7-6-8-14(9-13)20-4/h6-10,15-16H,5,17H2,1-4H3. The van der Waals surface area contributed by atoms with Gasteiger partial charge in [-0.2, -0.15) is 0 Å². The number of aryl methyl sites for hydroxylation is 1. The van der Waals surface area contributed by atoms with Crippen LogP contribution < -0.4 is 10.5 Å². The molecular weight excluding hydrogens is 250 g/mol. The summed E-state index contributed by atoms with van der Waals surface area (Å²) in [4.78, 5) is 4.40. The molecule has 0 radical (unpaired) electrons. The monoisotopic (exact) mass is 273 g/mol. The van der Waals surface area contributed by atoms with E-state index in [-0.39, 0.29) is 12.1 Å². The molecule has 4 nitrogen and oxygen atoms in total. The summed E-state index contributed by atoms with van der Waals surface area (Å²) in [6, 6.07) is 8.21. The van der Waals surface area contributed by atoms with Gasteiger partial charge in [0.25, 0.3) is 0 Å². The van der Waals surface area contributed by atoms with Gasteiger partial charge in [0.15, 0.2) is 0 Å². The number of rotatable bonds is 5. The van der Waals surface area contributed by atoms with Crippen molar-refractivity contribution in [3.05, 3.63) is 47.5 Å². The largest absolute Gasteiger partial charge is 0.497 e. The molecule has 0 aliphatic carbocycles. The molecule has 2 atom stereocenters. The Balaban J connectivity index is 2.49. The zero-order valence-electron chi connectivity index (χ0n) is 12.6. The molecule has 0 bridgehead atoms. The molecule has 0 saturated heterocycles. The number of imidazole rings is 1. The summed E-state index contributed by atoms with van der Waals surface area (Å²) in [5.74, 6) is 0.852. The molecule has 1 aromatic carbocycles. The third kappa shape index (κ3) is 2.70. The fourth-order valence-corrected chi connectivity index (χ4v) is 2.46. The third-order valence-electron chi connectivity index (χ3n) is 3.90. The number of hydrogen-bond donors (Lipinski definition) is 1. The summed E-state index contributed by atoms with van der Waals surface area (Å²) in [6.45, 7) is 6.21. The highest BCUT2D eigenvalue weighted by atomic mass is 16.5. The van der Waals surface area contributed by atoms with Crippen LogP contribution >= 0.6 is 0 Å². The van der Waals surface area contributed by atoms with Crippen LogP contribution in [0.4, 0.5) is 0 Å². The van der Waals surface area contributed by atoms with E-state index in [1.54, 1.807) is 7.11 Å². The Morgan fingerprint density at radius 1 is 1.35 bits per heavy atom. The lowest BCUT2D eigenvalue weighted by atomic mass is 9.97. The normalized spacial score (nSPS) is 14.1. The van der Waals surface area contributed by atoms with Gasteiger partial charge in [0.05, 0.1) is 25.2 Å². The lowest BCUT2D eigenvalue weighted by Crippen LogP contribution is -2.32. The fourth-order valence-electron chi connectivity index (χ4n) is 2.46. The van der Waals surface area contributed by atoms with Gasteiger partial charge >= 0.3 is 0 Å². The van der Waals surface area contributed by atoms with Crippen LogP contribution in [0.25, 0.3) is 0 Å². The van der Waals surface area contributed by atoms with Crippen molar-refractivity contribution in [2.45, 2.75) is 39.3 Å². The van der Waals surface area contributed by atoms with Gasteiger partial charge < -0.3 is 15.0 Å². The first-order chi connectivity index (χ1) is 9.58. The molecular formula is C16H23N3O. The molecule has 2 unspecified atom stereocenters. The molecule has 0 spiro atoms. The highest BCUT2D eigenvalue weighted by molar-refractivity contribution is 5.32. The van der Waals surface area contributed by atoms with Crippen LogP contribution in [0.2, 0.25) is 0 Å². The Kier molecular flexibility index (Phi) is 4.45. The van der Waals surface area contributed by atoms with Crippen LogP contribution in [0.5, 0.6) is 5.75 Å². The Morgan fingerprint density at radius 3 is 2.65 bits per heavy atom. The van der Waals surface area contributed by atoms with Crippen molar-refractivity contribution < 1.29 is 4.74 Å². The molecule has 0 aliphatic rings. The summed E-state index contributed by atoms with van der Waals surface area (Å²) >= 11 is 0. The van der Waals surface area contributed by atoms with Crippen LogP contribution in [0.3, 0.4) is 0 Å². The third-order valence-corrected chi connectivity index (χ3v) is 3.90. The summed E-state index contributed by atoms with van der Waals surface area (Å²) in [5, 5.41) is 0. The van der Waals surface area contributed by atoms with Gasteiger partial charge in [0, 0.05) is 11.7 Å². The average Bonchev–Trinajstić information content (AvgIpc) is 2.80. The molecule has 2 N–H and O–H groups in total. The SMILES string of the molecule is CCC(N)C(c1cccc(OC)c1)n1cnc(C)c1C. The van der Waals surface area contributed by atoms with Crippen molar-refractivity contribution >= 4 is 0 Å². The smallest absolute Gasteiger partial charge is 0.119 e. The Bertz CT molecular complexity index is 577. The van der Waals surface area contributed by atoms with Gasteiger partial charge in [0.2, 0.25) is 0 Å². The van der Waals surface area contributed by atoms with E-state index in [2.05, 4.69) is 35.5 Å². The average molecular weight is 273 g/mol. The van der Waals surface area contributed by atoms with Gasteiger partial charge in [-0.3, -0.25) is 0 Å². The number of methoxy groups -OCH3 is 1. The van der Waals surface area contributed by atoms with Crippen LogP contribution in [0.1, 0.15) is 36.3 Å². The summed E-state index contributed by atoms with van der Waals surface area (Å²) in [6.07, 6.45) is 2.78. The lowest BCUT2D eigenvalue weighted by molar-refractivity contribution is 0.409. The van der Waals surface area contributed by atoms with Crippen molar-refractivity contribution in [1.29, 1.82) is 0 Å². The van der Waals surface area contributed by atoms with Gasteiger partial charge in [0.1, 0.15) is 5.75 Å². The first-order valence-electron chi connectivity index (χ1n) is 6.98. The van der Waals surface area contributed by atoms with Crippen LogP contribution in [-0.4, -0.2) is 22.7 Å². The highest BCUT2D eigenvalue weighted by Crippen LogP contribution is 2.27. The van der Waals surface area contributed by atoms with Crippen molar-refractivity contribution in [3.8, 4) is 5.75 Å². The number of hydrogen-bond acceptors (Lipinski definition) is 3. The van der Waals surface area contributed by atoms with Crippen molar-refractivity contribution in [2.75, 3.05) is 7.11 Å². The number of ether oxygens (including phenoxy) is 1. The van der Waals surface area contributed by atoms with Gasteiger partial charge in [-0.05, 0) is 38.0 Å². The molecule has 108 valence electrons. The first-order valence-corrected chi connectivity index (χ1v) is 6.98. The van der Waals surface area contributed by atoms with E-state index >= 15 is 0 Å². The second kappa shape index (κ2) is 6.09. The summed E-state index contributed by atoms with van der Waals surface area (Å²) in [7, 11) is 1.68. The zero-order valence-corrected chi connectivity index (χ0v) is 12.6. The zero-order chi connectivity index (χ0) is 14.7. The molecule has 2 aromatic rings.